The lowest BCUT2D eigenvalue weighted by atomic mass is 10.0. The lowest BCUT2D eigenvalue weighted by Gasteiger charge is -2.34. The van der Waals surface area contributed by atoms with Crippen molar-refractivity contribution in [2.24, 2.45) is 0 Å². The number of carboxylic acid groups (broad SMARTS) is 1. The van der Waals surface area contributed by atoms with Crippen LogP contribution in [0.1, 0.15) is 47.0 Å². The lowest BCUT2D eigenvalue weighted by molar-refractivity contribution is 0.0695. The summed E-state index contributed by atoms with van der Waals surface area (Å²) in [6.07, 6.45) is 0.244. The summed E-state index contributed by atoms with van der Waals surface area (Å²) in [5.74, 6) is -0.596. The maximum absolute atomic E-state index is 14.2. The van der Waals surface area contributed by atoms with E-state index in [2.05, 4.69) is 17.1 Å². The van der Waals surface area contributed by atoms with E-state index < -0.39 is 5.97 Å². The SMILES string of the molecule is CCc1cc(OC(CN2CCN[C@H](C)C2)c2ccc(C)c(F)c2)ccc1C(=O)O. The van der Waals surface area contributed by atoms with Gasteiger partial charge in [0, 0.05) is 32.2 Å². The highest BCUT2D eigenvalue weighted by Gasteiger charge is 2.23. The fourth-order valence-electron chi connectivity index (χ4n) is 3.74. The normalized spacial score (nSPS) is 18.4. The number of ether oxygens (including phenoxy) is 1. The number of carboxylic acids is 1. The van der Waals surface area contributed by atoms with E-state index in [4.69, 9.17) is 4.74 Å². The van der Waals surface area contributed by atoms with Crippen LogP contribution in [0.3, 0.4) is 0 Å². The number of halogens is 1. The highest BCUT2D eigenvalue weighted by Crippen LogP contribution is 2.27. The van der Waals surface area contributed by atoms with Gasteiger partial charge in [0.25, 0.3) is 0 Å². The van der Waals surface area contributed by atoms with Crippen molar-refractivity contribution in [1.29, 1.82) is 0 Å². The van der Waals surface area contributed by atoms with E-state index in [1.165, 1.54) is 6.07 Å². The number of hydrogen-bond acceptors (Lipinski definition) is 4. The average Bonchev–Trinajstić information content (AvgIpc) is 2.69. The van der Waals surface area contributed by atoms with Gasteiger partial charge in [-0.2, -0.15) is 0 Å². The molecule has 0 radical (unpaired) electrons. The van der Waals surface area contributed by atoms with Gasteiger partial charge >= 0.3 is 5.97 Å². The van der Waals surface area contributed by atoms with Crippen LogP contribution in [0, 0.1) is 12.7 Å². The summed E-state index contributed by atoms with van der Waals surface area (Å²) in [6, 6.07) is 10.6. The fourth-order valence-corrected chi connectivity index (χ4v) is 3.74. The van der Waals surface area contributed by atoms with Crippen LogP contribution < -0.4 is 10.1 Å². The Morgan fingerprint density at radius 2 is 2.14 bits per heavy atom. The minimum atomic E-state index is -0.944. The van der Waals surface area contributed by atoms with Crippen LogP contribution >= 0.6 is 0 Å². The van der Waals surface area contributed by atoms with Crippen molar-refractivity contribution in [3.8, 4) is 5.75 Å². The van der Waals surface area contributed by atoms with Crippen LogP contribution in [0.25, 0.3) is 0 Å². The van der Waals surface area contributed by atoms with E-state index in [-0.39, 0.29) is 17.5 Å². The highest BCUT2D eigenvalue weighted by molar-refractivity contribution is 5.89. The molecule has 0 bridgehead atoms. The molecule has 29 heavy (non-hydrogen) atoms. The Bertz CT molecular complexity index is 871. The average molecular weight is 400 g/mol. The topological polar surface area (TPSA) is 61.8 Å². The molecule has 1 aliphatic heterocycles. The van der Waals surface area contributed by atoms with Gasteiger partial charge in [0.05, 0.1) is 5.56 Å². The molecule has 1 fully saturated rings. The Morgan fingerprint density at radius 3 is 2.79 bits per heavy atom. The van der Waals surface area contributed by atoms with Crippen LogP contribution in [0.15, 0.2) is 36.4 Å². The molecule has 2 aromatic carbocycles. The van der Waals surface area contributed by atoms with Gasteiger partial charge in [0.1, 0.15) is 17.7 Å². The van der Waals surface area contributed by atoms with E-state index in [1.54, 1.807) is 31.2 Å². The molecule has 0 spiro atoms. The minimum Gasteiger partial charge on any atom is -0.484 e. The minimum absolute atomic E-state index is 0.250. The fraction of sp³-hybridized carbons (Fsp3) is 0.435. The molecule has 1 aliphatic rings. The third-order valence-electron chi connectivity index (χ3n) is 5.41. The number of hydrogen-bond donors (Lipinski definition) is 2. The third-order valence-corrected chi connectivity index (χ3v) is 5.41. The lowest BCUT2D eigenvalue weighted by Crippen LogP contribution is -2.50. The molecule has 3 rings (SSSR count). The molecule has 0 aromatic heterocycles. The van der Waals surface area contributed by atoms with Crippen molar-refractivity contribution in [3.63, 3.8) is 0 Å². The van der Waals surface area contributed by atoms with E-state index in [0.717, 1.165) is 30.8 Å². The zero-order valence-corrected chi connectivity index (χ0v) is 17.2. The first-order valence-corrected chi connectivity index (χ1v) is 10.1. The van der Waals surface area contributed by atoms with Gasteiger partial charge in [0.2, 0.25) is 0 Å². The summed E-state index contributed by atoms with van der Waals surface area (Å²) < 4.78 is 20.5. The van der Waals surface area contributed by atoms with Gasteiger partial charge in [-0.1, -0.05) is 19.1 Å². The van der Waals surface area contributed by atoms with Crippen molar-refractivity contribution < 1.29 is 19.0 Å². The number of piperazine rings is 1. The Kier molecular flexibility index (Phi) is 6.87. The first-order valence-electron chi connectivity index (χ1n) is 10.1. The second kappa shape index (κ2) is 9.37. The molecule has 1 unspecified atom stereocenters. The summed E-state index contributed by atoms with van der Waals surface area (Å²) in [5, 5.41) is 12.8. The van der Waals surface area contributed by atoms with Gasteiger partial charge in [-0.25, -0.2) is 9.18 Å². The van der Waals surface area contributed by atoms with Crippen LogP contribution in [0.2, 0.25) is 0 Å². The molecule has 0 saturated carbocycles. The van der Waals surface area contributed by atoms with Crippen molar-refractivity contribution in [1.82, 2.24) is 10.2 Å². The van der Waals surface area contributed by atoms with Gasteiger partial charge in [-0.15, -0.1) is 0 Å². The van der Waals surface area contributed by atoms with Crippen LogP contribution in [-0.4, -0.2) is 48.2 Å². The molecule has 5 nitrogen and oxygen atoms in total. The highest BCUT2D eigenvalue weighted by atomic mass is 19.1. The maximum Gasteiger partial charge on any atom is 0.335 e. The Labute approximate surface area is 171 Å². The van der Waals surface area contributed by atoms with Crippen LogP contribution in [0.5, 0.6) is 5.75 Å². The monoisotopic (exact) mass is 400 g/mol. The molecule has 0 amide bonds. The smallest absolute Gasteiger partial charge is 0.335 e. The van der Waals surface area contributed by atoms with Gasteiger partial charge in [-0.05, 0) is 61.2 Å². The van der Waals surface area contributed by atoms with E-state index in [1.807, 2.05) is 13.0 Å². The zero-order chi connectivity index (χ0) is 21.0. The molecule has 2 atom stereocenters. The number of aromatic carboxylic acids is 1. The molecule has 1 saturated heterocycles. The van der Waals surface area contributed by atoms with Crippen LogP contribution in [0.4, 0.5) is 4.39 Å². The first-order chi connectivity index (χ1) is 13.9. The quantitative estimate of drug-likeness (QED) is 0.740. The molecule has 6 heteroatoms. The standard InChI is InChI=1S/C23H29FN2O3/c1-4-17-11-19(7-8-20(17)23(27)28)29-22(14-26-10-9-25-16(3)13-26)18-6-5-15(2)21(24)12-18/h5-8,11-12,16,22,25H,4,9-10,13-14H2,1-3H3,(H,27,28)/t16-,22?/m1/s1. The van der Waals surface area contributed by atoms with E-state index in [0.29, 0.717) is 30.3 Å². The molecular weight excluding hydrogens is 371 g/mol. The Hall–Kier alpha value is -2.44. The molecule has 156 valence electrons. The van der Waals surface area contributed by atoms with Crippen molar-refractivity contribution in [2.45, 2.75) is 39.3 Å². The van der Waals surface area contributed by atoms with Crippen LogP contribution in [-0.2, 0) is 6.42 Å². The van der Waals surface area contributed by atoms with Gasteiger partial charge in [-0.3, -0.25) is 4.90 Å². The largest absolute Gasteiger partial charge is 0.484 e. The summed E-state index contributed by atoms with van der Waals surface area (Å²) in [7, 11) is 0. The van der Waals surface area contributed by atoms with Crippen molar-refractivity contribution in [3.05, 3.63) is 64.5 Å². The summed E-state index contributed by atoms with van der Waals surface area (Å²) in [6.45, 7) is 9.14. The molecular formula is C23H29FN2O3. The first kappa shape index (κ1) is 21.3. The number of aryl methyl sites for hydroxylation is 2. The van der Waals surface area contributed by atoms with Gasteiger partial charge in [0.15, 0.2) is 0 Å². The van der Waals surface area contributed by atoms with Gasteiger partial charge < -0.3 is 15.2 Å². The molecule has 2 N–H and O–H groups in total. The Balaban J connectivity index is 1.88. The summed E-state index contributed by atoms with van der Waals surface area (Å²) >= 11 is 0. The number of nitrogens with one attached hydrogen (secondary N) is 1. The molecule has 0 aliphatic carbocycles. The Morgan fingerprint density at radius 1 is 1.34 bits per heavy atom. The van der Waals surface area contributed by atoms with Crippen molar-refractivity contribution >= 4 is 5.97 Å². The number of rotatable bonds is 7. The third kappa shape index (κ3) is 5.34. The predicted molar refractivity (Wildman–Crippen MR) is 111 cm³/mol. The second-order valence-electron chi connectivity index (χ2n) is 7.71. The second-order valence-corrected chi connectivity index (χ2v) is 7.71. The summed E-state index contributed by atoms with van der Waals surface area (Å²) in [4.78, 5) is 13.7. The summed E-state index contributed by atoms with van der Waals surface area (Å²) in [5.41, 5.74) is 2.38. The molecule has 1 heterocycles. The maximum atomic E-state index is 14.2. The van der Waals surface area contributed by atoms with E-state index in [9.17, 15) is 14.3 Å². The predicted octanol–water partition coefficient (Wildman–Crippen LogP) is 3.81. The molecule has 2 aromatic rings. The number of nitrogens with zero attached hydrogens (tertiary/aromatic N) is 1. The van der Waals surface area contributed by atoms with Crippen molar-refractivity contribution in [2.75, 3.05) is 26.2 Å². The number of carbonyl (C=O) groups is 1. The zero-order valence-electron chi connectivity index (χ0n) is 17.2. The number of benzene rings is 2. The van der Waals surface area contributed by atoms with E-state index >= 15 is 0 Å².